The van der Waals surface area contributed by atoms with E-state index < -0.39 is 12.0 Å². The third kappa shape index (κ3) is 4.30. The van der Waals surface area contributed by atoms with Gasteiger partial charge in [0.15, 0.2) is 0 Å². The van der Waals surface area contributed by atoms with Crippen LogP contribution in [0.5, 0.6) is 0 Å². The van der Waals surface area contributed by atoms with Gasteiger partial charge in [-0.2, -0.15) is 5.26 Å². The third-order valence-electron chi connectivity index (χ3n) is 4.47. The minimum Gasteiger partial charge on any atom is -0.465 e. The van der Waals surface area contributed by atoms with Crippen LogP contribution in [0.15, 0.2) is 36.3 Å². The normalized spacial score (nSPS) is 13.7. The molecule has 0 fully saturated rings. The van der Waals surface area contributed by atoms with Crippen LogP contribution in [0.4, 0.5) is 22.1 Å². The molecule has 10 heteroatoms. The van der Waals surface area contributed by atoms with Crippen LogP contribution >= 0.6 is 0 Å². The number of carbonyl (C=O) groups excluding carboxylic acids is 1. The number of aryl methyl sites for hydroxylation is 1. The average Bonchev–Trinajstić information content (AvgIpc) is 3.08. The Hall–Kier alpha value is -4.13. The lowest BCUT2D eigenvalue weighted by Gasteiger charge is -2.19. The Kier molecular flexibility index (Phi) is 6.12. The summed E-state index contributed by atoms with van der Waals surface area (Å²) in [7, 11) is 0. The van der Waals surface area contributed by atoms with E-state index in [-0.39, 0.29) is 18.9 Å². The number of carboxylic acid groups (broad SMARTS) is 1. The second-order valence-electron chi connectivity index (χ2n) is 6.48. The predicted octanol–water partition coefficient (Wildman–Crippen LogP) is 2.53. The second kappa shape index (κ2) is 8.91. The van der Waals surface area contributed by atoms with E-state index in [0.29, 0.717) is 29.2 Å². The van der Waals surface area contributed by atoms with Crippen LogP contribution in [0.25, 0.3) is 5.57 Å². The summed E-state index contributed by atoms with van der Waals surface area (Å²) in [5.74, 6) is 0.222. The summed E-state index contributed by atoms with van der Waals surface area (Å²) in [6.07, 6.45) is 0.266. The van der Waals surface area contributed by atoms with E-state index in [2.05, 4.69) is 32.0 Å². The predicted molar refractivity (Wildman–Crippen MR) is 112 cm³/mol. The lowest BCUT2D eigenvalue weighted by molar-refractivity contribution is -0.116. The molecule has 0 aliphatic carbocycles. The van der Waals surface area contributed by atoms with E-state index in [1.165, 1.54) is 6.20 Å². The van der Waals surface area contributed by atoms with Gasteiger partial charge in [0.05, 0.1) is 17.1 Å². The van der Waals surface area contributed by atoms with Crippen LogP contribution < -0.4 is 20.9 Å². The van der Waals surface area contributed by atoms with Crippen LogP contribution in [0.3, 0.4) is 0 Å². The first-order chi connectivity index (χ1) is 14.4. The van der Waals surface area contributed by atoms with Gasteiger partial charge in [-0.25, -0.2) is 14.8 Å². The van der Waals surface area contributed by atoms with Gasteiger partial charge in [0, 0.05) is 25.7 Å². The highest BCUT2D eigenvalue weighted by Gasteiger charge is 2.27. The Balaban J connectivity index is 1.90. The first-order valence-corrected chi connectivity index (χ1v) is 9.33. The van der Waals surface area contributed by atoms with E-state index in [1.807, 2.05) is 36.1 Å². The fraction of sp³-hybridized carbons (Fsp3) is 0.250. The lowest BCUT2D eigenvalue weighted by atomic mass is 10.1. The van der Waals surface area contributed by atoms with Gasteiger partial charge in [-0.15, -0.1) is 0 Å². The van der Waals surface area contributed by atoms with Crippen LogP contribution in [0, 0.1) is 18.3 Å². The average molecular weight is 407 g/mol. The molecule has 30 heavy (non-hydrogen) atoms. The first-order valence-electron chi connectivity index (χ1n) is 9.33. The molecule has 2 aromatic rings. The summed E-state index contributed by atoms with van der Waals surface area (Å²) in [5, 5.41) is 26.4. The van der Waals surface area contributed by atoms with Gasteiger partial charge < -0.3 is 20.6 Å². The van der Waals surface area contributed by atoms with Crippen molar-refractivity contribution in [3.63, 3.8) is 0 Å². The zero-order chi connectivity index (χ0) is 21.7. The summed E-state index contributed by atoms with van der Waals surface area (Å²) in [5.41, 5.74) is 3.27. The minimum atomic E-state index is -1.20. The summed E-state index contributed by atoms with van der Waals surface area (Å²) >= 11 is 0. The maximum absolute atomic E-state index is 12.0. The number of amides is 2. The van der Waals surface area contributed by atoms with Crippen molar-refractivity contribution in [2.75, 3.05) is 28.6 Å². The maximum atomic E-state index is 12.0. The van der Waals surface area contributed by atoms with Crippen molar-refractivity contribution >= 4 is 34.9 Å². The number of anilines is 3. The highest BCUT2D eigenvalue weighted by molar-refractivity contribution is 5.92. The van der Waals surface area contributed by atoms with E-state index in [0.717, 1.165) is 11.4 Å². The molecule has 0 radical (unpaired) electrons. The van der Waals surface area contributed by atoms with Crippen molar-refractivity contribution in [1.82, 2.24) is 15.3 Å². The monoisotopic (exact) mass is 407 g/mol. The van der Waals surface area contributed by atoms with Crippen LogP contribution in [-0.4, -0.2) is 40.2 Å². The van der Waals surface area contributed by atoms with E-state index in [1.54, 1.807) is 6.92 Å². The van der Waals surface area contributed by atoms with Gasteiger partial charge in [-0.3, -0.25) is 10.1 Å². The smallest absolute Gasteiger partial charge is 0.404 e. The molecule has 3 rings (SSSR count). The number of hydrogen-bond donors (Lipinski definition) is 4. The molecule has 4 N–H and O–H groups in total. The molecule has 1 aromatic heterocycles. The molecule has 1 aromatic carbocycles. The van der Waals surface area contributed by atoms with Crippen molar-refractivity contribution in [2.24, 2.45) is 0 Å². The van der Waals surface area contributed by atoms with Crippen molar-refractivity contribution < 1.29 is 14.7 Å². The van der Waals surface area contributed by atoms with Crippen molar-refractivity contribution in [2.45, 2.75) is 20.3 Å². The van der Waals surface area contributed by atoms with E-state index in [4.69, 9.17) is 5.11 Å². The molecule has 0 saturated carbocycles. The fourth-order valence-electron chi connectivity index (χ4n) is 3.10. The zero-order valence-corrected chi connectivity index (χ0v) is 16.6. The van der Waals surface area contributed by atoms with Crippen LogP contribution in [0.2, 0.25) is 0 Å². The lowest BCUT2D eigenvalue weighted by Crippen LogP contribution is -2.26. The van der Waals surface area contributed by atoms with Crippen LogP contribution in [0.1, 0.15) is 24.6 Å². The molecule has 0 bridgehead atoms. The molecular weight excluding hydrogens is 386 g/mol. The number of aromatic nitrogens is 2. The SMILES string of the molecule is CCN1C(=C(C#N)c2nc(NC(=O)CCNC(=O)O)ncc2C)Nc2ccccc21. The number of nitrogens with zero attached hydrogens (tertiary/aromatic N) is 4. The number of nitriles is 1. The number of nitrogens with one attached hydrogen (secondary N) is 3. The fourth-order valence-corrected chi connectivity index (χ4v) is 3.10. The van der Waals surface area contributed by atoms with Gasteiger partial charge in [0.2, 0.25) is 11.9 Å². The number of hydrogen-bond acceptors (Lipinski definition) is 7. The molecule has 1 aliphatic heterocycles. The van der Waals surface area contributed by atoms with Gasteiger partial charge in [-0.1, -0.05) is 12.1 Å². The molecule has 0 atom stereocenters. The zero-order valence-electron chi connectivity index (χ0n) is 16.6. The van der Waals surface area contributed by atoms with Gasteiger partial charge in [0.1, 0.15) is 17.5 Å². The molecule has 0 spiro atoms. The quantitative estimate of drug-likeness (QED) is 0.535. The standard InChI is InChI=1S/C20H21N7O3/c1-3-27-15-7-5-4-6-14(15)24-18(27)13(10-21)17-12(2)11-23-19(26-17)25-16(28)8-9-22-20(29)30/h4-7,11,22,24H,3,8-9H2,1-2H3,(H,29,30)(H,23,25,26,28). The Morgan fingerprint density at radius 3 is 2.80 bits per heavy atom. The molecule has 2 amide bonds. The summed E-state index contributed by atoms with van der Waals surface area (Å²) < 4.78 is 0. The molecule has 0 saturated heterocycles. The second-order valence-corrected chi connectivity index (χ2v) is 6.48. The Bertz CT molecular complexity index is 1060. The number of carbonyl (C=O) groups is 2. The summed E-state index contributed by atoms with van der Waals surface area (Å²) in [4.78, 5) is 33.0. The van der Waals surface area contributed by atoms with Crippen molar-refractivity contribution in [3.8, 4) is 6.07 Å². The van der Waals surface area contributed by atoms with E-state index >= 15 is 0 Å². The first kappa shape index (κ1) is 20.6. The summed E-state index contributed by atoms with van der Waals surface area (Å²) in [6, 6.07) is 9.97. The third-order valence-corrected chi connectivity index (χ3v) is 4.47. The Morgan fingerprint density at radius 2 is 2.10 bits per heavy atom. The number of rotatable bonds is 6. The van der Waals surface area contributed by atoms with Gasteiger partial charge in [0.25, 0.3) is 0 Å². The minimum absolute atomic E-state index is 0.0268. The number of fused-ring (bicyclic) bond motifs is 1. The number of benzene rings is 1. The molecule has 2 heterocycles. The molecule has 1 aliphatic rings. The number of allylic oxidation sites excluding steroid dienone is 1. The highest BCUT2D eigenvalue weighted by Crippen LogP contribution is 2.38. The summed E-state index contributed by atoms with van der Waals surface area (Å²) in [6.45, 7) is 4.40. The topological polar surface area (TPSA) is 143 Å². The van der Waals surface area contributed by atoms with Crippen LogP contribution in [-0.2, 0) is 4.79 Å². The number of para-hydroxylation sites is 2. The van der Waals surface area contributed by atoms with Gasteiger partial charge >= 0.3 is 6.09 Å². The molecule has 10 nitrogen and oxygen atoms in total. The van der Waals surface area contributed by atoms with Gasteiger partial charge in [-0.05, 0) is 31.5 Å². The molecule has 154 valence electrons. The molecular formula is C20H21N7O3. The van der Waals surface area contributed by atoms with Crippen molar-refractivity contribution in [3.05, 3.63) is 47.5 Å². The largest absolute Gasteiger partial charge is 0.465 e. The maximum Gasteiger partial charge on any atom is 0.404 e. The van der Waals surface area contributed by atoms with Crippen molar-refractivity contribution in [1.29, 1.82) is 5.26 Å². The molecule has 0 unspecified atom stereocenters. The highest BCUT2D eigenvalue weighted by atomic mass is 16.4. The Labute approximate surface area is 173 Å². The van der Waals surface area contributed by atoms with E-state index in [9.17, 15) is 14.9 Å². The Morgan fingerprint density at radius 1 is 1.33 bits per heavy atom.